The number of hydrogen-bond donors (Lipinski definition) is 1. The second-order valence-corrected chi connectivity index (χ2v) is 5.21. The Morgan fingerprint density at radius 3 is 2.39 bits per heavy atom. The van der Waals surface area contributed by atoms with Crippen LogP contribution in [-0.2, 0) is 6.54 Å². The lowest BCUT2D eigenvalue weighted by atomic mass is 10.2. The van der Waals surface area contributed by atoms with Crippen LogP contribution in [0.1, 0.15) is 5.56 Å². The smallest absolute Gasteiger partial charge is 0.119 e. The number of rotatable bonds is 6. The van der Waals surface area contributed by atoms with Gasteiger partial charge < -0.3 is 10.1 Å². The number of para-hydroxylation sites is 1. The Balaban J connectivity index is 1.63. The van der Waals surface area contributed by atoms with E-state index in [0.29, 0.717) is 6.61 Å². The SMILES string of the molecule is Ic1ccc(CNCCOc2ccccc2)cc1. The Hall–Kier alpha value is -1.07. The molecule has 0 radical (unpaired) electrons. The summed E-state index contributed by atoms with van der Waals surface area (Å²) in [7, 11) is 0. The molecule has 2 aromatic rings. The van der Waals surface area contributed by atoms with E-state index in [1.165, 1.54) is 9.13 Å². The van der Waals surface area contributed by atoms with Gasteiger partial charge in [0.25, 0.3) is 0 Å². The van der Waals surface area contributed by atoms with Crippen molar-refractivity contribution >= 4 is 22.6 Å². The number of hydrogen-bond acceptors (Lipinski definition) is 2. The minimum atomic E-state index is 0.689. The van der Waals surface area contributed by atoms with Gasteiger partial charge in [0.15, 0.2) is 0 Å². The van der Waals surface area contributed by atoms with Crippen LogP contribution in [0.15, 0.2) is 54.6 Å². The minimum Gasteiger partial charge on any atom is -0.492 e. The molecular formula is C15H16INO. The van der Waals surface area contributed by atoms with Gasteiger partial charge in [-0.1, -0.05) is 30.3 Å². The van der Waals surface area contributed by atoms with E-state index in [-0.39, 0.29) is 0 Å². The van der Waals surface area contributed by atoms with E-state index >= 15 is 0 Å². The molecule has 0 heterocycles. The molecule has 1 N–H and O–H groups in total. The van der Waals surface area contributed by atoms with Gasteiger partial charge in [-0.2, -0.15) is 0 Å². The third-order valence-corrected chi connectivity index (χ3v) is 3.25. The van der Waals surface area contributed by atoms with Gasteiger partial charge in [0, 0.05) is 16.7 Å². The van der Waals surface area contributed by atoms with Crippen LogP contribution in [0.25, 0.3) is 0 Å². The van der Waals surface area contributed by atoms with Crippen LogP contribution in [0, 0.1) is 3.57 Å². The number of ether oxygens (including phenoxy) is 1. The topological polar surface area (TPSA) is 21.3 Å². The summed E-state index contributed by atoms with van der Waals surface area (Å²) in [5.74, 6) is 0.925. The molecule has 0 aliphatic carbocycles. The summed E-state index contributed by atoms with van der Waals surface area (Å²) in [5.41, 5.74) is 1.30. The van der Waals surface area contributed by atoms with Crippen molar-refractivity contribution in [3.05, 3.63) is 63.7 Å². The van der Waals surface area contributed by atoms with Crippen molar-refractivity contribution in [2.24, 2.45) is 0 Å². The van der Waals surface area contributed by atoms with E-state index in [4.69, 9.17) is 4.74 Å². The normalized spacial score (nSPS) is 10.3. The quantitative estimate of drug-likeness (QED) is 0.634. The number of nitrogens with one attached hydrogen (secondary N) is 1. The van der Waals surface area contributed by atoms with Crippen LogP contribution in [-0.4, -0.2) is 13.2 Å². The summed E-state index contributed by atoms with van der Waals surface area (Å²) in [6.45, 7) is 2.42. The van der Waals surface area contributed by atoms with Crippen molar-refractivity contribution in [3.63, 3.8) is 0 Å². The molecule has 0 aliphatic rings. The molecule has 0 bridgehead atoms. The Morgan fingerprint density at radius 2 is 1.67 bits per heavy atom. The highest BCUT2D eigenvalue weighted by atomic mass is 127. The molecule has 0 fully saturated rings. The summed E-state index contributed by atoms with van der Waals surface area (Å²) < 4.78 is 6.87. The van der Waals surface area contributed by atoms with E-state index in [0.717, 1.165) is 18.8 Å². The molecule has 94 valence electrons. The molecule has 0 saturated carbocycles. The first-order chi connectivity index (χ1) is 8.84. The van der Waals surface area contributed by atoms with E-state index in [9.17, 15) is 0 Å². The monoisotopic (exact) mass is 353 g/mol. The Labute approximate surface area is 122 Å². The fraction of sp³-hybridized carbons (Fsp3) is 0.200. The average Bonchev–Trinajstić information content (AvgIpc) is 2.42. The van der Waals surface area contributed by atoms with E-state index < -0.39 is 0 Å². The van der Waals surface area contributed by atoms with Crippen LogP contribution < -0.4 is 10.1 Å². The first-order valence-electron chi connectivity index (χ1n) is 5.97. The summed E-state index contributed by atoms with van der Waals surface area (Å²) >= 11 is 2.31. The van der Waals surface area contributed by atoms with Crippen molar-refractivity contribution in [3.8, 4) is 5.75 Å². The van der Waals surface area contributed by atoms with Crippen molar-refractivity contribution in [1.29, 1.82) is 0 Å². The maximum atomic E-state index is 5.60. The van der Waals surface area contributed by atoms with Gasteiger partial charge in [0.2, 0.25) is 0 Å². The van der Waals surface area contributed by atoms with Crippen LogP contribution in [0.3, 0.4) is 0 Å². The van der Waals surface area contributed by atoms with E-state index in [1.54, 1.807) is 0 Å². The Bertz CT molecular complexity index is 456. The number of benzene rings is 2. The zero-order valence-corrected chi connectivity index (χ0v) is 12.3. The molecule has 0 aliphatic heterocycles. The molecule has 0 atom stereocenters. The molecule has 18 heavy (non-hydrogen) atoms. The van der Waals surface area contributed by atoms with Gasteiger partial charge in [-0.05, 0) is 52.4 Å². The zero-order chi connectivity index (χ0) is 12.6. The van der Waals surface area contributed by atoms with Crippen molar-refractivity contribution < 1.29 is 4.74 Å². The van der Waals surface area contributed by atoms with Crippen molar-refractivity contribution in [1.82, 2.24) is 5.32 Å². The minimum absolute atomic E-state index is 0.689. The van der Waals surface area contributed by atoms with Crippen molar-refractivity contribution in [2.45, 2.75) is 6.54 Å². The second-order valence-electron chi connectivity index (χ2n) is 3.96. The zero-order valence-electron chi connectivity index (χ0n) is 10.1. The first-order valence-corrected chi connectivity index (χ1v) is 7.05. The highest BCUT2D eigenvalue weighted by Gasteiger charge is 1.94. The fourth-order valence-corrected chi connectivity index (χ4v) is 1.95. The Morgan fingerprint density at radius 1 is 0.944 bits per heavy atom. The molecule has 2 rings (SSSR count). The van der Waals surface area contributed by atoms with Crippen LogP contribution in [0.5, 0.6) is 5.75 Å². The van der Waals surface area contributed by atoms with Crippen LogP contribution in [0.2, 0.25) is 0 Å². The maximum Gasteiger partial charge on any atom is 0.119 e. The largest absolute Gasteiger partial charge is 0.492 e. The molecule has 0 saturated heterocycles. The van der Waals surface area contributed by atoms with Crippen LogP contribution >= 0.6 is 22.6 Å². The van der Waals surface area contributed by atoms with Crippen molar-refractivity contribution in [2.75, 3.05) is 13.2 Å². The van der Waals surface area contributed by atoms with Gasteiger partial charge in [-0.25, -0.2) is 0 Å². The van der Waals surface area contributed by atoms with Gasteiger partial charge in [-0.3, -0.25) is 0 Å². The molecule has 0 aromatic heterocycles. The highest BCUT2D eigenvalue weighted by Crippen LogP contribution is 2.08. The predicted octanol–water partition coefficient (Wildman–Crippen LogP) is 3.46. The highest BCUT2D eigenvalue weighted by molar-refractivity contribution is 14.1. The number of halogens is 1. The third-order valence-electron chi connectivity index (χ3n) is 2.53. The Kier molecular flexibility index (Phi) is 5.48. The summed E-state index contributed by atoms with van der Waals surface area (Å²) in [4.78, 5) is 0. The lowest BCUT2D eigenvalue weighted by molar-refractivity contribution is 0.313. The fourth-order valence-electron chi connectivity index (χ4n) is 1.59. The summed E-state index contributed by atoms with van der Waals surface area (Å²) in [5, 5.41) is 3.36. The summed E-state index contributed by atoms with van der Waals surface area (Å²) in [6.07, 6.45) is 0. The molecular weight excluding hydrogens is 337 g/mol. The lowest BCUT2D eigenvalue weighted by Gasteiger charge is -2.07. The standard InChI is InChI=1S/C15H16INO/c16-14-8-6-13(7-9-14)12-17-10-11-18-15-4-2-1-3-5-15/h1-9,17H,10-12H2. The van der Waals surface area contributed by atoms with Gasteiger partial charge in [0.05, 0.1) is 0 Å². The molecule has 2 nitrogen and oxygen atoms in total. The van der Waals surface area contributed by atoms with Gasteiger partial charge in [-0.15, -0.1) is 0 Å². The molecule has 0 amide bonds. The van der Waals surface area contributed by atoms with Gasteiger partial charge in [0.1, 0.15) is 12.4 Å². The van der Waals surface area contributed by atoms with E-state index in [2.05, 4.69) is 52.2 Å². The second kappa shape index (κ2) is 7.38. The average molecular weight is 353 g/mol. The van der Waals surface area contributed by atoms with Crippen LogP contribution in [0.4, 0.5) is 0 Å². The lowest BCUT2D eigenvalue weighted by Crippen LogP contribution is -2.20. The third kappa shape index (κ3) is 4.66. The molecule has 2 aromatic carbocycles. The predicted molar refractivity (Wildman–Crippen MR) is 82.8 cm³/mol. The summed E-state index contributed by atoms with van der Waals surface area (Å²) in [6, 6.07) is 18.4. The molecule has 0 spiro atoms. The molecule has 0 unspecified atom stereocenters. The molecule has 3 heteroatoms. The maximum absolute atomic E-state index is 5.60. The van der Waals surface area contributed by atoms with Gasteiger partial charge >= 0.3 is 0 Å². The van der Waals surface area contributed by atoms with E-state index in [1.807, 2.05) is 30.3 Å². The first kappa shape index (κ1) is 13.4.